The van der Waals surface area contributed by atoms with Gasteiger partial charge in [0.05, 0.1) is 28.5 Å². The van der Waals surface area contributed by atoms with Crippen LogP contribution in [-0.2, 0) is 4.74 Å². The monoisotopic (exact) mass is 387 g/mol. The summed E-state index contributed by atoms with van der Waals surface area (Å²) in [5, 5.41) is 19.0. The summed E-state index contributed by atoms with van der Waals surface area (Å²) in [4.78, 5) is 30.6. The largest absolute Gasteiger partial charge is 0.383 e. The third-order valence-corrected chi connectivity index (χ3v) is 4.44. The van der Waals surface area contributed by atoms with E-state index in [0.29, 0.717) is 29.7 Å². The number of ether oxygens (including phenoxy) is 1. The number of hydrogen-bond donors (Lipinski definition) is 3. The second kappa shape index (κ2) is 8.43. The number of carbonyl (C=O) groups excluding carboxylic acids is 1. The minimum absolute atomic E-state index is 0.163. The van der Waals surface area contributed by atoms with Gasteiger partial charge in [-0.05, 0) is 18.2 Å². The lowest BCUT2D eigenvalue weighted by molar-refractivity contribution is -0.384. The summed E-state index contributed by atoms with van der Waals surface area (Å²) >= 11 is 1.27. The zero-order valence-corrected chi connectivity index (χ0v) is 15.2. The summed E-state index contributed by atoms with van der Waals surface area (Å²) < 4.78 is 4.98. The highest BCUT2D eigenvalue weighted by Gasteiger charge is 2.18. The summed E-state index contributed by atoms with van der Waals surface area (Å²) in [7, 11) is 1.56. The van der Waals surface area contributed by atoms with Crippen molar-refractivity contribution in [3.63, 3.8) is 0 Å². The lowest BCUT2D eigenvalue weighted by Crippen LogP contribution is -2.16. The smallest absolute Gasteiger partial charge is 0.270 e. The molecule has 3 aromatic rings. The second-order valence-electron chi connectivity index (χ2n) is 5.48. The first-order valence-corrected chi connectivity index (χ1v) is 8.88. The minimum atomic E-state index is -0.539. The predicted molar refractivity (Wildman–Crippen MR) is 103 cm³/mol. The Morgan fingerprint density at radius 1 is 1.41 bits per heavy atom. The summed E-state index contributed by atoms with van der Waals surface area (Å²) in [5.41, 5.74) is 2.03. The van der Waals surface area contributed by atoms with Crippen LogP contribution < -0.4 is 10.6 Å². The van der Waals surface area contributed by atoms with Crippen molar-refractivity contribution < 1.29 is 14.5 Å². The van der Waals surface area contributed by atoms with Gasteiger partial charge < -0.3 is 15.0 Å². The van der Waals surface area contributed by atoms with E-state index in [1.54, 1.807) is 13.3 Å². The van der Waals surface area contributed by atoms with Gasteiger partial charge in [-0.25, -0.2) is 4.98 Å². The zero-order chi connectivity index (χ0) is 19.2. The van der Waals surface area contributed by atoms with E-state index in [0.717, 1.165) is 5.69 Å². The number of nitrogens with zero attached hydrogens (tertiary/aromatic N) is 2. The molecule has 0 unspecified atom stereocenters. The Bertz CT molecular complexity index is 939. The predicted octanol–water partition coefficient (Wildman–Crippen LogP) is 3.36. The molecule has 3 N–H and O–H groups in total. The van der Waals surface area contributed by atoms with Crippen LogP contribution in [0.15, 0.2) is 41.9 Å². The fourth-order valence-corrected chi connectivity index (χ4v) is 3.09. The zero-order valence-electron chi connectivity index (χ0n) is 14.4. The van der Waals surface area contributed by atoms with Gasteiger partial charge in [0.25, 0.3) is 11.6 Å². The number of nitro benzene ring substituents is 1. The molecular weight excluding hydrogens is 370 g/mol. The van der Waals surface area contributed by atoms with Gasteiger partial charge in [0.1, 0.15) is 0 Å². The van der Waals surface area contributed by atoms with Crippen molar-refractivity contribution in [2.45, 2.75) is 0 Å². The first kappa shape index (κ1) is 18.5. The van der Waals surface area contributed by atoms with Crippen LogP contribution >= 0.6 is 11.3 Å². The number of carbonyl (C=O) groups is 1. The number of amides is 1. The van der Waals surface area contributed by atoms with Gasteiger partial charge in [-0.15, -0.1) is 11.3 Å². The Morgan fingerprint density at radius 3 is 2.96 bits per heavy atom. The highest BCUT2D eigenvalue weighted by atomic mass is 32.1. The molecule has 0 aliphatic rings. The molecular formula is C17H17N5O4S. The topological polar surface area (TPSA) is 122 Å². The van der Waals surface area contributed by atoms with Crippen LogP contribution in [-0.4, -0.2) is 41.1 Å². The number of anilines is 2. The molecule has 0 spiro atoms. The van der Waals surface area contributed by atoms with Gasteiger partial charge in [0, 0.05) is 43.1 Å². The summed E-state index contributed by atoms with van der Waals surface area (Å²) in [6.45, 7) is 0.896. The summed E-state index contributed by atoms with van der Waals surface area (Å²) in [5.74, 6) is -0.481. The number of non-ortho nitro benzene ring substituents is 1. The molecule has 9 nitrogen and oxygen atoms in total. The van der Waals surface area contributed by atoms with E-state index in [1.807, 2.05) is 17.5 Å². The Labute approximate surface area is 158 Å². The van der Waals surface area contributed by atoms with Crippen LogP contribution in [0.2, 0.25) is 0 Å². The molecule has 0 aliphatic heterocycles. The molecule has 10 heteroatoms. The number of H-pyrrole nitrogens is 1. The van der Waals surface area contributed by atoms with E-state index < -0.39 is 10.8 Å². The third-order valence-electron chi connectivity index (χ3n) is 3.68. The van der Waals surface area contributed by atoms with Crippen molar-refractivity contribution in [2.75, 3.05) is 30.9 Å². The number of nitrogens with one attached hydrogen (secondary N) is 3. The van der Waals surface area contributed by atoms with Gasteiger partial charge in [0.15, 0.2) is 5.13 Å². The molecule has 0 aliphatic carbocycles. The molecule has 1 amide bonds. The van der Waals surface area contributed by atoms with E-state index in [1.165, 1.54) is 29.5 Å². The van der Waals surface area contributed by atoms with E-state index in [-0.39, 0.29) is 11.3 Å². The molecule has 0 bridgehead atoms. The molecule has 2 aromatic heterocycles. The molecule has 0 fully saturated rings. The maximum Gasteiger partial charge on any atom is 0.270 e. The molecule has 0 saturated heterocycles. The maximum absolute atomic E-state index is 12.7. The van der Waals surface area contributed by atoms with E-state index >= 15 is 0 Å². The molecule has 3 rings (SSSR count). The van der Waals surface area contributed by atoms with Crippen molar-refractivity contribution in [2.24, 2.45) is 0 Å². The van der Waals surface area contributed by atoms with E-state index in [4.69, 9.17) is 4.74 Å². The van der Waals surface area contributed by atoms with Crippen molar-refractivity contribution in [3.05, 3.63) is 57.6 Å². The van der Waals surface area contributed by atoms with Crippen molar-refractivity contribution in [1.82, 2.24) is 9.97 Å². The molecule has 1 aromatic carbocycles. The molecule has 2 heterocycles. The standard InChI is InChI=1S/C17H17N5O4S/c1-26-8-7-19-13-5-4-11(22(24)25)9-12(13)16(23)21-17-20-15(10-27-17)14-3-2-6-18-14/h2-6,9-10,18-19H,7-8H2,1H3,(H,20,21,23). The lowest BCUT2D eigenvalue weighted by atomic mass is 10.1. The molecule has 27 heavy (non-hydrogen) atoms. The molecule has 0 radical (unpaired) electrons. The highest BCUT2D eigenvalue weighted by molar-refractivity contribution is 7.14. The number of nitro groups is 1. The number of aromatic nitrogens is 2. The van der Waals surface area contributed by atoms with Crippen LogP contribution in [0.3, 0.4) is 0 Å². The average molecular weight is 387 g/mol. The van der Waals surface area contributed by atoms with Crippen molar-refractivity contribution >= 4 is 33.8 Å². The SMILES string of the molecule is COCCNc1ccc([N+](=O)[O-])cc1C(=O)Nc1nc(-c2ccc[nH]2)cs1. The van der Waals surface area contributed by atoms with Crippen molar-refractivity contribution in [3.8, 4) is 11.4 Å². The van der Waals surface area contributed by atoms with Crippen LogP contribution in [0.1, 0.15) is 10.4 Å². The number of benzene rings is 1. The van der Waals surface area contributed by atoms with Gasteiger partial charge in [0.2, 0.25) is 0 Å². The number of thiazole rings is 1. The van der Waals surface area contributed by atoms with Crippen LogP contribution in [0.4, 0.5) is 16.5 Å². The quantitative estimate of drug-likeness (QED) is 0.309. The summed E-state index contributed by atoms with van der Waals surface area (Å²) in [6, 6.07) is 7.82. The van der Waals surface area contributed by atoms with Gasteiger partial charge in [-0.3, -0.25) is 20.2 Å². The van der Waals surface area contributed by atoms with Crippen LogP contribution in [0.5, 0.6) is 0 Å². The number of rotatable bonds is 8. The minimum Gasteiger partial charge on any atom is -0.383 e. The Morgan fingerprint density at radius 2 is 2.26 bits per heavy atom. The first-order valence-electron chi connectivity index (χ1n) is 8.00. The maximum atomic E-state index is 12.7. The number of hydrogen-bond acceptors (Lipinski definition) is 7. The Kier molecular flexibility index (Phi) is 5.79. The molecule has 0 saturated carbocycles. The fraction of sp³-hybridized carbons (Fsp3) is 0.176. The number of aromatic amines is 1. The van der Waals surface area contributed by atoms with Crippen LogP contribution in [0, 0.1) is 10.1 Å². The van der Waals surface area contributed by atoms with Gasteiger partial charge in [-0.1, -0.05) is 0 Å². The molecule has 0 atom stereocenters. The van der Waals surface area contributed by atoms with Crippen LogP contribution in [0.25, 0.3) is 11.4 Å². The number of methoxy groups -OCH3 is 1. The van der Waals surface area contributed by atoms with Crippen molar-refractivity contribution in [1.29, 1.82) is 0 Å². The fourth-order valence-electron chi connectivity index (χ4n) is 2.38. The highest BCUT2D eigenvalue weighted by Crippen LogP contribution is 2.26. The Balaban J connectivity index is 1.81. The lowest BCUT2D eigenvalue weighted by Gasteiger charge is -2.11. The Hall–Kier alpha value is -3.24. The second-order valence-corrected chi connectivity index (χ2v) is 6.34. The van der Waals surface area contributed by atoms with E-state index in [2.05, 4.69) is 20.6 Å². The third kappa shape index (κ3) is 4.49. The van der Waals surface area contributed by atoms with Gasteiger partial charge >= 0.3 is 0 Å². The van der Waals surface area contributed by atoms with Gasteiger partial charge in [-0.2, -0.15) is 0 Å². The average Bonchev–Trinajstić information content (AvgIpc) is 3.33. The molecule has 140 valence electrons. The normalized spacial score (nSPS) is 10.6. The first-order chi connectivity index (χ1) is 13.1. The summed E-state index contributed by atoms with van der Waals surface area (Å²) in [6.07, 6.45) is 1.79. The van der Waals surface area contributed by atoms with E-state index in [9.17, 15) is 14.9 Å².